The van der Waals surface area contributed by atoms with Crippen molar-refractivity contribution in [1.82, 2.24) is 20.1 Å². The standard InChI is InChI=1S/C20H24FN5O2/c21-16-3-4-18-17(10-16)23-20(28-18)26-5-1-2-14(13-26)19-15(11-22-24-19)12-25-6-8-27-9-7-25/h3-4,10-11,14H,1-2,5-9,12-13H2,(H,22,24)/t14-/m0/s1. The van der Waals surface area contributed by atoms with Crippen molar-refractivity contribution < 1.29 is 13.5 Å². The molecule has 5 rings (SSSR count). The van der Waals surface area contributed by atoms with Gasteiger partial charge in [0.25, 0.3) is 6.01 Å². The maximum atomic E-state index is 13.5. The van der Waals surface area contributed by atoms with Crippen molar-refractivity contribution in [1.29, 1.82) is 0 Å². The van der Waals surface area contributed by atoms with E-state index in [1.807, 2.05) is 6.20 Å². The Kier molecular flexibility index (Phi) is 4.74. The molecule has 0 radical (unpaired) electrons. The molecule has 0 unspecified atom stereocenters. The van der Waals surface area contributed by atoms with Gasteiger partial charge in [0.1, 0.15) is 11.3 Å². The topological polar surface area (TPSA) is 70.4 Å². The minimum atomic E-state index is -0.297. The Morgan fingerprint density at radius 1 is 1.21 bits per heavy atom. The van der Waals surface area contributed by atoms with Crippen LogP contribution in [0.4, 0.5) is 10.4 Å². The Morgan fingerprint density at radius 3 is 3.00 bits per heavy atom. The first-order valence-corrected chi connectivity index (χ1v) is 9.89. The molecule has 2 aromatic heterocycles. The van der Waals surface area contributed by atoms with E-state index in [9.17, 15) is 4.39 Å². The molecule has 0 spiro atoms. The number of H-pyrrole nitrogens is 1. The van der Waals surface area contributed by atoms with Crippen molar-refractivity contribution in [2.75, 3.05) is 44.3 Å². The van der Waals surface area contributed by atoms with Crippen molar-refractivity contribution in [3.63, 3.8) is 0 Å². The van der Waals surface area contributed by atoms with E-state index < -0.39 is 0 Å². The molecule has 3 aromatic rings. The normalized spacial score (nSPS) is 21.5. The highest BCUT2D eigenvalue weighted by Gasteiger charge is 2.28. The van der Waals surface area contributed by atoms with Gasteiger partial charge in [0, 0.05) is 56.0 Å². The van der Waals surface area contributed by atoms with Gasteiger partial charge < -0.3 is 14.1 Å². The van der Waals surface area contributed by atoms with Crippen LogP contribution in [0.1, 0.15) is 30.0 Å². The number of nitrogens with zero attached hydrogens (tertiary/aromatic N) is 4. The van der Waals surface area contributed by atoms with E-state index in [0.29, 0.717) is 23.0 Å². The minimum Gasteiger partial charge on any atom is -0.423 e. The monoisotopic (exact) mass is 385 g/mol. The number of rotatable bonds is 4. The zero-order chi connectivity index (χ0) is 18.9. The van der Waals surface area contributed by atoms with E-state index in [1.165, 1.54) is 23.4 Å². The van der Waals surface area contributed by atoms with Crippen LogP contribution in [0, 0.1) is 5.82 Å². The van der Waals surface area contributed by atoms with E-state index in [0.717, 1.165) is 58.8 Å². The molecule has 0 saturated carbocycles. The third kappa shape index (κ3) is 3.49. The molecule has 8 heteroatoms. The molecule has 2 aliphatic rings. The van der Waals surface area contributed by atoms with Crippen molar-refractivity contribution in [3.8, 4) is 0 Å². The van der Waals surface area contributed by atoms with E-state index in [2.05, 4.69) is 25.0 Å². The van der Waals surface area contributed by atoms with Gasteiger partial charge in [-0.3, -0.25) is 10.00 Å². The van der Waals surface area contributed by atoms with Crippen molar-refractivity contribution >= 4 is 17.1 Å². The van der Waals surface area contributed by atoms with Crippen molar-refractivity contribution in [3.05, 3.63) is 41.5 Å². The van der Waals surface area contributed by atoms with Crippen LogP contribution in [0.15, 0.2) is 28.8 Å². The zero-order valence-electron chi connectivity index (χ0n) is 15.7. The number of ether oxygens (including phenoxy) is 1. The smallest absolute Gasteiger partial charge is 0.298 e. The molecule has 0 amide bonds. The van der Waals surface area contributed by atoms with Crippen molar-refractivity contribution in [2.45, 2.75) is 25.3 Å². The van der Waals surface area contributed by atoms with Crippen LogP contribution in [-0.4, -0.2) is 59.5 Å². The van der Waals surface area contributed by atoms with Gasteiger partial charge in [0.05, 0.1) is 19.4 Å². The molecule has 0 aliphatic carbocycles. The maximum Gasteiger partial charge on any atom is 0.298 e. The molecule has 2 saturated heterocycles. The highest BCUT2D eigenvalue weighted by atomic mass is 19.1. The highest BCUT2D eigenvalue weighted by molar-refractivity contribution is 5.74. The Labute approximate surface area is 162 Å². The summed E-state index contributed by atoms with van der Waals surface area (Å²) in [6, 6.07) is 5.02. The number of fused-ring (bicyclic) bond motifs is 1. The molecule has 1 aromatic carbocycles. The SMILES string of the molecule is Fc1ccc2oc(N3CCC[C@H](c4[nH]ncc4CN4CCOCC4)C3)nc2c1. The van der Waals surface area contributed by atoms with Crippen LogP contribution in [0.3, 0.4) is 0 Å². The number of morpholine rings is 1. The Hall–Kier alpha value is -2.45. The number of aromatic amines is 1. The summed E-state index contributed by atoms with van der Waals surface area (Å²) in [6.45, 7) is 6.10. The van der Waals surface area contributed by atoms with Gasteiger partial charge in [0.15, 0.2) is 5.58 Å². The van der Waals surface area contributed by atoms with E-state index >= 15 is 0 Å². The lowest BCUT2D eigenvalue weighted by Crippen LogP contribution is -2.37. The summed E-state index contributed by atoms with van der Waals surface area (Å²) in [5.74, 6) is 0.0492. The zero-order valence-corrected chi connectivity index (χ0v) is 15.7. The summed E-state index contributed by atoms with van der Waals surface area (Å²) >= 11 is 0. The second-order valence-electron chi connectivity index (χ2n) is 7.59. The Bertz CT molecular complexity index is 949. The second kappa shape index (κ2) is 7.52. The van der Waals surface area contributed by atoms with Crippen LogP contribution in [0.5, 0.6) is 0 Å². The van der Waals surface area contributed by atoms with Crippen LogP contribution in [-0.2, 0) is 11.3 Å². The molecular formula is C20H24FN5O2. The number of halogens is 1. The second-order valence-corrected chi connectivity index (χ2v) is 7.59. The Balaban J connectivity index is 1.33. The van der Waals surface area contributed by atoms with Crippen LogP contribution in [0.25, 0.3) is 11.1 Å². The predicted molar refractivity (Wildman–Crippen MR) is 103 cm³/mol. The van der Waals surface area contributed by atoms with Gasteiger partial charge in [-0.05, 0) is 25.0 Å². The van der Waals surface area contributed by atoms with Crippen LogP contribution < -0.4 is 4.90 Å². The quantitative estimate of drug-likeness (QED) is 0.745. The molecule has 148 valence electrons. The van der Waals surface area contributed by atoms with Gasteiger partial charge in [-0.15, -0.1) is 0 Å². The molecule has 2 aliphatic heterocycles. The summed E-state index contributed by atoms with van der Waals surface area (Å²) in [7, 11) is 0. The first-order valence-electron chi connectivity index (χ1n) is 9.89. The predicted octanol–water partition coefficient (Wildman–Crippen LogP) is 2.91. The number of oxazole rings is 1. The highest BCUT2D eigenvalue weighted by Crippen LogP contribution is 2.32. The van der Waals surface area contributed by atoms with E-state index in [4.69, 9.17) is 9.15 Å². The molecule has 2 fully saturated rings. The lowest BCUT2D eigenvalue weighted by atomic mass is 9.92. The number of anilines is 1. The average molecular weight is 385 g/mol. The lowest BCUT2D eigenvalue weighted by Gasteiger charge is -2.32. The fourth-order valence-electron chi connectivity index (χ4n) is 4.21. The van der Waals surface area contributed by atoms with Gasteiger partial charge in [0.2, 0.25) is 0 Å². The van der Waals surface area contributed by atoms with Crippen molar-refractivity contribution in [2.24, 2.45) is 0 Å². The number of piperidine rings is 1. The first-order chi connectivity index (χ1) is 13.8. The Morgan fingerprint density at radius 2 is 2.11 bits per heavy atom. The van der Waals surface area contributed by atoms with Crippen LogP contribution >= 0.6 is 0 Å². The summed E-state index contributed by atoms with van der Waals surface area (Å²) in [5, 5.41) is 7.56. The molecule has 1 atom stereocenters. The van der Waals surface area contributed by atoms with Crippen LogP contribution in [0.2, 0.25) is 0 Å². The largest absolute Gasteiger partial charge is 0.423 e. The summed E-state index contributed by atoms with van der Waals surface area (Å²) < 4.78 is 24.8. The first kappa shape index (κ1) is 17.6. The lowest BCUT2D eigenvalue weighted by molar-refractivity contribution is 0.0340. The van der Waals surface area contributed by atoms with E-state index in [-0.39, 0.29) is 5.82 Å². The van der Waals surface area contributed by atoms with E-state index in [1.54, 1.807) is 6.07 Å². The summed E-state index contributed by atoms with van der Waals surface area (Å²) in [5.41, 5.74) is 3.64. The molecular weight excluding hydrogens is 361 g/mol. The minimum absolute atomic E-state index is 0.297. The van der Waals surface area contributed by atoms with Gasteiger partial charge >= 0.3 is 0 Å². The fourth-order valence-corrected chi connectivity index (χ4v) is 4.21. The molecule has 4 heterocycles. The maximum absolute atomic E-state index is 13.5. The van der Waals surface area contributed by atoms with Gasteiger partial charge in [-0.25, -0.2) is 4.39 Å². The number of benzene rings is 1. The average Bonchev–Trinajstić information content (AvgIpc) is 3.35. The third-order valence-electron chi connectivity index (χ3n) is 5.69. The number of hydrogen-bond acceptors (Lipinski definition) is 6. The number of aromatic nitrogens is 3. The molecule has 28 heavy (non-hydrogen) atoms. The molecule has 1 N–H and O–H groups in total. The molecule has 7 nitrogen and oxygen atoms in total. The third-order valence-corrected chi connectivity index (χ3v) is 5.69. The number of hydrogen-bond donors (Lipinski definition) is 1. The van der Waals surface area contributed by atoms with Gasteiger partial charge in [-0.2, -0.15) is 10.1 Å². The summed E-state index contributed by atoms with van der Waals surface area (Å²) in [6.07, 6.45) is 4.10. The summed E-state index contributed by atoms with van der Waals surface area (Å²) in [4.78, 5) is 9.07. The molecule has 0 bridgehead atoms. The fraction of sp³-hybridized carbons (Fsp3) is 0.500. The number of nitrogens with one attached hydrogen (secondary N) is 1. The van der Waals surface area contributed by atoms with Gasteiger partial charge in [-0.1, -0.05) is 0 Å².